The van der Waals surface area contributed by atoms with Crippen LogP contribution in [0, 0.1) is 0 Å². The largest absolute Gasteiger partial charge is 0.516 e. The maximum Gasteiger partial charge on any atom is 0.516 e. The van der Waals surface area contributed by atoms with Crippen molar-refractivity contribution in [3.8, 4) is 0 Å². The zero-order valence-electron chi connectivity index (χ0n) is 11.5. The number of hydrogen-bond donors (Lipinski definition) is 0. The van der Waals surface area contributed by atoms with Crippen molar-refractivity contribution in [3.05, 3.63) is 0 Å². The van der Waals surface area contributed by atoms with Gasteiger partial charge in [0.05, 0.1) is 14.1 Å². The summed E-state index contributed by atoms with van der Waals surface area (Å²) in [7, 11) is 3.77. The van der Waals surface area contributed by atoms with Gasteiger partial charge in [-0.15, -0.1) is 0 Å². The van der Waals surface area contributed by atoms with Crippen LogP contribution in [-0.2, 0) is 4.74 Å². The number of carbonyl (C=O) groups excluding carboxylic acids is 1. The van der Waals surface area contributed by atoms with E-state index in [9.17, 15) is 4.79 Å². The summed E-state index contributed by atoms with van der Waals surface area (Å²) in [6.07, 6.45) is 0.650. The Labute approximate surface area is 94.0 Å². The molecule has 3 nitrogen and oxygen atoms in total. The Kier molecular flexibility index (Phi) is 3.97. The summed E-state index contributed by atoms with van der Waals surface area (Å²) in [6, 6.07) is 0. The Bertz CT molecular complexity index is 236. The van der Waals surface area contributed by atoms with Gasteiger partial charge in [0, 0.05) is 0 Å². The first kappa shape index (κ1) is 14.4. The molecule has 0 aliphatic rings. The summed E-state index contributed by atoms with van der Waals surface area (Å²) in [6.45, 7) is 12.0. The second kappa shape index (κ2) is 4.12. The Morgan fingerprint density at radius 2 is 1.53 bits per heavy atom. The van der Waals surface area contributed by atoms with Crippen molar-refractivity contribution in [2.45, 2.75) is 59.1 Å². The third-order valence-electron chi connectivity index (χ3n) is 3.35. The molecule has 0 spiro atoms. The molecule has 0 saturated heterocycles. The van der Waals surface area contributed by atoms with Gasteiger partial charge in [-0.25, -0.2) is 4.48 Å². The minimum atomic E-state index is -0.377. The highest BCUT2D eigenvalue weighted by Gasteiger charge is 2.43. The summed E-state index contributed by atoms with van der Waals surface area (Å²) in [5.74, 6) is 0. The first-order valence-corrected chi connectivity index (χ1v) is 5.51. The molecule has 0 bridgehead atoms. The Hall–Kier alpha value is -0.570. The van der Waals surface area contributed by atoms with E-state index in [1.807, 2.05) is 55.6 Å². The third kappa shape index (κ3) is 3.49. The fraction of sp³-hybridized carbons (Fsp3) is 0.917. The smallest absolute Gasteiger partial charge is 0.414 e. The third-order valence-corrected chi connectivity index (χ3v) is 3.35. The molecule has 0 aromatic heterocycles. The van der Waals surface area contributed by atoms with Crippen LogP contribution in [0.5, 0.6) is 0 Å². The number of ether oxygens (including phenoxy) is 1. The van der Waals surface area contributed by atoms with Crippen molar-refractivity contribution in [2.75, 3.05) is 14.1 Å². The van der Waals surface area contributed by atoms with Crippen LogP contribution in [0.1, 0.15) is 48.0 Å². The molecule has 0 aliphatic carbocycles. The van der Waals surface area contributed by atoms with E-state index in [2.05, 4.69) is 0 Å². The second-order valence-corrected chi connectivity index (χ2v) is 6.11. The molecule has 0 N–H and O–H groups in total. The Morgan fingerprint density at radius 3 is 1.80 bits per heavy atom. The average molecular weight is 216 g/mol. The minimum Gasteiger partial charge on any atom is -0.414 e. The summed E-state index contributed by atoms with van der Waals surface area (Å²) in [5, 5.41) is 0. The number of carbonyl (C=O) groups is 1. The summed E-state index contributed by atoms with van der Waals surface area (Å²) >= 11 is 0. The fourth-order valence-electron chi connectivity index (χ4n) is 0.696. The molecule has 0 aromatic rings. The van der Waals surface area contributed by atoms with Crippen molar-refractivity contribution < 1.29 is 14.0 Å². The van der Waals surface area contributed by atoms with Crippen molar-refractivity contribution in [2.24, 2.45) is 0 Å². The van der Waals surface area contributed by atoms with Gasteiger partial charge in [-0.05, 0) is 41.0 Å². The molecule has 0 saturated carbocycles. The van der Waals surface area contributed by atoms with Crippen molar-refractivity contribution in [1.29, 1.82) is 0 Å². The quantitative estimate of drug-likeness (QED) is 0.663. The SMILES string of the molecule is CCC(C)(C)OC(=O)[N+](C)(C)C(C)(C)C. The zero-order chi connectivity index (χ0) is 12.5. The number of quaternary nitrogens is 1. The molecule has 0 rings (SSSR count). The predicted molar refractivity (Wildman–Crippen MR) is 62.7 cm³/mol. The van der Waals surface area contributed by atoms with Crippen LogP contribution in [0.15, 0.2) is 0 Å². The standard InChI is InChI=1S/C12H26NO2/c1-9-12(5,6)15-10(14)13(7,8)11(2,3)4/h9H2,1-8H3/q+1. The molecule has 1 amide bonds. The molecular formula is C12H26NO2+. The monoisotopic (exact) mass is 216 g/mol. The molecule has 15 heavy (non-hydrogen) atoms. The molecule has 3 heteroatoms. The van der Waals surface area contributed by atoms with E-state index in [0.717, 1.165) is 6.42 Å². The average Bonchev–Trinajstić information content (AvgIpc) is 2.01. The molecule has 0 unspecified atom stereocenters. The van der Waals surface area contributed by atoms with Crippen LogP contribution in [-0.4, -0.2) is 35.8 Å². The van der Waals surface area contributed by atoms with Crippen LogP contribution < -0.4 is 0 Å². The minimum absolute atomic E-state index is 0.152. The van der Waals surface area contributed by atoms with Crippen molar-refractivity contribution in [3.63, 3.8) is 0 Å². The molecule has 0 aliphatic heterocycles. The van der Waals surface area contributed by atoms with E-state index in [-0.39, 0.29) is 21.7 Å². The van der Waals surface area contributed by atoms with Gasteiger partial charge in [-0.2, -0.15) is 4.79 Å². The van der Waals surface area contributed by atoms with Gasteiger partial charge in [0.15, 0.2) is 0 Å². The van der Waals surface area contributed by atoms with Crippen LogP contribution in [0.2, 0.25) is 0 Å². The van der Waals surface area contributed by atoms with Crippen LogP contribution in [0.3, 0.4) is 0 Å². The zero-order valence-corrected chi connectivity index (χ0v) is 11.5. The van der Waals surface area contributed by atoms with Gasteiger partial charge in [-0.3, -0.25) is 0 Å². The lowest BCUT2D eigenvalue weighted by Crippen LogP contribution is -2.59. The highest BCUT2D eigenvalue weighted by atomic mass is 16.6. The summed E-state index contributed by atoms with van der Waals surface area (Å²) in [5.41, 5.74) is -0.529. The highest BCUT2D eigenvalue weighted by Crippen LogP contribution is 2.24. The second-order valence-electron chi connectivity index (χ2n) is 6.11. The van der Waals surface area contributed by atoms with E-state index in [1.54, 1.807) is 0 Å². The normalized spacial score (nSPS) is 13.9. The van der Waals surface area contributed by atoms with Crippen LogP contribution >= 0.6 is 0 Å². The van der Waals surface area contributed by atoms with E-state index in [1.165, 1.54) is 0 Å². The maximum absolute atomic E-state index is 12.0. The lowest BCUT2D eigenvalue weighted by Gasteiger charge is -2.39. The first-order valence-electron chi connectivity index (χ1n) is 5.51. The van der Waals surface area contributed by atoms with Gasteiger partial charge < -0.3 is 4.74 Å². The molecule has 0 aromatic carbocycles. The lowest BCUT2D eigenvalue weighted by molar-refractivity contribution is -0.867. The summed E-state index contributed by atoms with van der Waals surface area (Å²) < 4.78 is 5.74. The molecule has 0 fully saturated rings. The maximum atomic E-state index is 12.0. The van der Waals surface area contributed by atoms with Gasteiger partial charge in [0.2, 0.25) is 0 Å². The number of rotatable bonds is 2. The lowest BCUT2D eigenvalue weighted by atomic mass is 10.0. The predicted octanol–water partition coefficient (Wildman–Crippen LogP) is 3.19. The van der Waals surface area contributed by atoms with Crippen molar-refractivity contribution in [1.82, 2.24) is 0 Å². The molecule has 0 radical (unpaired) electrons. The van der Waals surface area contributed by atoms with E-state index >= 15 is 0 Å². The number of amides is 1. The molecule has 0 heterocycles. The summed E-state index contributed by atoms with van der Waals surface area (Å²) in [4.78, 5) is 12.0. The molecule has 90 valence electrons. The molecule has 0 atom stereocenters. The van der Waals surface area contributed by atoms with Crippen molar-refractivity contribution >= 4 is 6.09 Å². The van der Waals surface area contributed by atoms with Gasteiger partial charge in [-0.1, -0.05) is 6.92 Å². The van der Waals surface area contributed by atoms with E-state index in [4.69, 9.17) is 4.74 Å². The van der Waals surface area contributed by atoms with E-state index < -0.39 is 0 Å². The van der Waals surface area contributed by atoms with Crippen LogP contribution in [0.4, 0.5) is 4.79 Å². The first-order chi connectivity index (χ1) is 6.44. The van der Waals surface area contributed by atoms with Gasteiger partial charge >= 0.3 is 6.09 Å². The van der Waals surface area contributed by atoms with Crippen LogP contribution in [0.25, 0.3) is 0 Å². The topological polar surface area (TPSA) is 26.3 Å². The Balaban J connectivity index is 4.74. The Morgan fingerprint density at radius 1 is 1.13 bits per heavy atom. The van der Waals surface area contributed by atoms with Gasteiger partial charge in [0.1, 0.15) is 11.1 Å². The highest BCUT2D eigenvalue weighted by molar-refractivity contribution is 5.60. The van der Waals surface area contributed by atoms with Gasteiger partial charge in [0.25, 0.3) is 0 Å². The number of hydrogen-bond acceptors (Lipinski definition) is 2. The number of nitrogens with zero attached hydrogens (tertiary/aromatic N) is 1. The van der Waals surface area contributed by atoms with E-state index in [0.29, 0.717) is 0 Å². The molecular weight excluding hydrogens is 190 g/mol. The fourth-order valence-corrected chi connectivity index (χ4v) is 0.696.